The van der Waals surface area contributed by atoms with Gasteiger partial charge in [0.25, 0.3) is 0 Å². The number of likely N-dealkylation sites (N-methyl/N-ethyl adjacent to an activating group) is 1. The van der Waals surface area contributed by atoms with Gasteiger partial charge < -0.3 is 75.1 Å². The van der Waals surface area contributed by atoms with Gasteiger partial charge in [-0.25, -0.2) is 14.4 Å². The van der Waals surface area contributed by atoms with E-state index in [-0.39, 0.29) is 19.6 Å². The van der Waals surface area contributed by atoms with Gasteiger partial charge >= 0.3 is 18.3 Å². The van der Waals surface area contributed by atoms with E-state index in [1.807, 2.05) is 0 Å². The van der Waals surface area contributed by atoms with Crippen LogP contribution in [0.25, 0.3) is 0 Å². The number of hydrogen-bond acceptors (Lipinski definition) is 15. The smallest absolute Gasteiger partial charge is 0.408 e. The van der Waals surface area contributed by atoms with Gasteiger partial charge in [0.15, 0.2) is 12.6 Å². The van der Waals surface area contributed by atoms with E-state index in [1.165, 1.54) is 25.8 Å². The zero-order valence-electron chi connectivity index (χ0n) is 34.2. The predicted octanol–water partition coefficient (Wildman–Crippen LogP) is 0.980. The average Bonchev–Trinajstić information content (AvgIpc) is 2.99. The van der Waals surface area contributed by atoms with Gasteiger partial charge in [0, 0.05) is 26.6 Å². The maximum absolute atomic E-state index is 13.1. The summed E-state index contributed by atoms with van der Waals surface area (Å²) >= 11 is 0. The van der Waals surface area contributed by atoms with Crippen molar-refractivity contribution in [3.8, 4) is 0 Å². The zero-order chi connectivity index (χ0) is 41.8. The lowest BCUT2D eigenvalue weighted by atomic mass is 9.83. The average molecular weight is 792 g/mol. The number of aliphatic hydroxyl groups is 3. The first-order chi connectivity index (χ1) is 25.1. The molecule has 3 aliphatic rings. The summed E-state index contributed by atoms with van der Waals surface area (Å²) in [5.41, 5.74) is 2.48. The van der Waals surface area contributed by atoms with Crippen LogP contribution >= 0.6 is 0 Å². The zero-order valence-corrected chi connectivity index (χ0v) is 34.2. The minimum atomic E-state index is -1.65. The summed E-state index contributed by atoms with van der Waals surface area (Å²) in [6.45, 7) is 17.8. The molecule has 12 atom stereocenters. The molecule has 0 radical (unpaired) electrons. The van der Waals surface area contributed by atoms with Gasteiger partial charge in [-0.05, 0) is 88.5 Å². The Labute approximate surface area is 323 Å². The number of nitrogens with one attached hydrogen (secondary N) is 3. The molecule has 3 fully saturated rings. The first-order valence-corrected chi connectivity index (χ1v) is 18.7. The maximum Gasteiger partial charge on any atom is 0.408 e. The second-order valence-corrected chi connectivity index (χ2v) is 17.8. The Morgan fingerprint density at radius 1 is 0.800 bits per heavy atom. The molecule has 1 aliphatic carbocycles. The molecule has 318 valence electrons. The number of aliphatic hydroxyl groups excluding tert-OH is 2. The van der Waals surface area contributed by atoms with E-state index < -0.39 is 114 Å². The van der Waals surface area contributed by atoms with Crippen LogP contribution in [0.2, 0.25) is 0 Å². The Morgan fingerprint density at radius 3 is 1.84 bits per heavy atom. The number of amides is 4. The molecular formula is C36H65N5O14. The monoisotopic (exact) mass is 791 g/mol. The van der Waals surface area contributed by atoms with Crippen LogP contribution in [0, 0.1) is 0 Å². The van der Waals surface area contributed by atoms with Crippen molar-refractivity contribution in [2.24, 2.45) is 5.73 Å². The number of hydrogen-bond donors (Lipinski definition) is 7. The van der Waals surface area contributed by atoms with Crippen molar-refractivity contribution in [2.75, 3.05) is 20.2 Å². The molecule has 0 aromatic heterocycles. The predicted molar refractivity (Wildman–Crippen MR) is 195 cm³/mol. The highest BCUT2D eigenvalue weighted by atomic mass is 16.7. The van der Waals surface area contributed by atoms with Crippen molar-refractivity contribution < 1.29 is 67.7 Å². The molecular weight excluding hydrogens is 726 g/mol. The Morgan fingerprint density at radius 2 is 1.31 bits per heavy atom. The molecule has 19 nitrogen and oxygen atoms in total. The van der Waals surface area contributed by atoms with Crippen molar-refractivity contribution in [1.29, 1.82) is 0 Å². The van der Waals surface area contributed by atoms with Gasteiger partial charge in [0.1, 0.15) is 46.8 Å². The third kappa shape index (κ3) is 13.8. The van der Waals surface area contributed by atoms with Gasteiger partial charge in [-0.15, -0.1) is 0 Å². The van der Waals surface area contributed by atoms with Crippen LogP contribution in [0.3, 0.4) is 0 Å². The fraction of sp³-hybridized carbons (Fsp3) is 0.889. The standard InChI is InChI=1S/C36H65N5O14/c1-18(42)41(12)27-24(44)29(49-17-36(27,11)48)51-25-20(37)15-22(40-32(47)55-35(8,9)10)26(23(25)43)52-28-21(39-31(46)54-34(5,6)7)14-13-19(50-28)16-38-30(45)53-33(2,3)4/h19-29,43-44,48H,13-17,37H2,1-12H3,(H,38,45)(H,39,46)(H,40,47)/t19-,20+,21?,22-,23?,24?,25?,26?,27+,28-,29-,36?/m0/s1. The molecule has 2 saturated heterocycles. The molecule has 0 spiro atoms. The Kier molecular flexibility index (Phi) is 15.2. The van der Waals surface area contributed by atoms with Gasteiger partial charge in [-0.1, -0.05) is 0 Å². The fourth-order valence-electron chi connectivity index (χ4n) is 6.66. The van der Waals surface area contributed by atoms with Gasteiger partial charge in [-0.3, -0.25) is 4.79 Å². The summed E-state index contributed by atoms with van der Waals surface area (Å²) in [6.07, 6.45) is -10.8. The van der Waals surface area contributed by atoms with E-state index in [0.29, 0.717) is 12.8 Å². The van der Waals surface area contributed by atoms with E-state index in [2.05, 4.69) is 16.0 Å². The molecule has 8 N–H and O–H groups in total. The van der Waals surface area contributed by atoms with Crippen LogP contribution in [0.4, 0.5) is 14.4 Å². The number of carbonyl (C=O) groups excluding carboxylic acids is 4. The summed E-state index contributed by atoms with van der Waals surface area (Å²) < 4.78 is 40.9. The van der Waals surface area contributed by atoms with Crippen LogP contribution in [-0.4, -0.2) is 154 Å². The highest BCUT2D eigenvalue weighted by Gasteiger charge is 2.53. The summed E-state index contributed by atoms with van der Waals surface area (Å²) in [5.74, 6) is -0.425. The Hall–Kier alpha value is -3.04. The van der Waals surface area contributed by atoms with E-state index in [1.54, 1.807) is 62.3 Å². The van der Waals surface area contributed by atoms with Crippen molar-refractivity contribution in [3.63, 3.8) is 0 Å². The number of alkyl carbamates (subject to hydrolysis) is 3. The van der Waals surface area contributed by atoms with Crippen molar-refractivity contribution >= 4 is 24.2 Å². The summed E-state index contributed by atoms with van der Waals surface area (Å²) in [4.78, 5) is 51.9. The molecule has 3 rings (SSSR count). The molecule has 1 saturated carbocycles. The number of nitrogens with two attached hydrogens (primary N) is 1. The number of ether oxygens (including phenoxy) is 7. The van der Waals surface area contributed by atoms with Crippen LogP contribution in [-0.2, 0) is 38.0 Å². The molecule has 0 bridgehead atoms. The van der Waals surface area contributed by atoms with Crippen LogP contribution < -0.4 is 21.7 Å². The normalized spacial score (nSPS) is 34.5. The molecule has 6 unspecified atom stereocenters. The molecule has 2 aliphatic heterocycles. The minimum Gasteiger partial charge on any atom is -0.444 e. The topological polar surface area (TPSA) is 259 Å². The SMILES string of the molecule is CC(=O)N(C)[C@@H]1C(O)[C@H](OC2C(O)C(O[C@@H]3O[C@H](CNC(=O)OC(C)(C)C)CCC3NC(=O)OC(C)(C)C)[C@@H](NC(=O)OC(C)(C)C)C[C@H]2N)OCC1(C)O. The largest absolute Gasteiger partial charge is 0.444 e. The van der Waals surface area contributed by atoms with Gasteiger partial charge in [0.2, 0.25) is 5.91 Å². The van der Waals surface area contributed by atoms with Crippen molar-refractivity contribution in [3.05, 3.63) is 0 Å². The van der Waals surface area contributed by atoms with E-state index in [0.717, 1.165) is 0 Å². The lowest BCUT2D eigenvalue weighted by molar-refractivity contribution is -0.313. The van der Waals surface area contributed by atoms with E-state index in [9.17, 15) is 34.5 Å². The Bertz CT molecular complexity index is 1330. The lowest BCUT2D eigenvalue weighted by Gasteiger charge is -2.50. The molecule has 2 heterocycles. The minimum absolute atomic E-state index is 0.0217. The molecule has 19 heteroatoms. The highest BCUT2D eigenvalue weighted by molar-refractivity contribution is 5.73. The molecule has 0 aromatic carbocycles. The number of nitrogens with zero attached hydrogens (tertiary/aromatic N) is 1. The summed E-state index contributed by atoms with van der Waals surface area (Å²) in [5, 5.41) is 42.5. The molecule has 55 heavy (non-hydrogen) atoms. The molecule has 0 aromatic rings. The van der Waals surface area contributed by atoms with Crippen molar-refractivity contribution in [2.45, 2.75) is 185 Å². The first-order valence-electron chi connectivity index (χ1n) is 18.7. The van der Waals surface area contributed by atoms with Gasteiger partial charge in [-0.2, -0.15) is 0 Å². The second kappa shape index (κ2) is 18.0. The second-order valence-electron chi connectivity index (χ2n) is 17.8. The lowest BCUT2D eigenvalue weighted by Crippen LogP contribution is -2.70. The van der Waals surface area contributed by atoms with Crippen LogP contribution in [0.15, 0.2) is 0 Å². The van der Waals surface area contributed by atoms with E-state index >= 15 is 0 Å². The number of carbonyl (C=O) groups is 4. The Balaban J connectivity index is 1.94. The summed E-state index contributed by atoms with van der Waals surface area (Å²) in [7, 11) is 1.42. The maximum atomic E-state index is 13.1. The fourth-order valence-corrected chi connectivity index (χ4v) is 6.66. The third-order valence-electron chi connectivity index (χ3n) is 9.03. The van der Waals surface area contributed by atoms with E-state index in [4.69, 9.17) is 38.9 Å². The van der Waals surface area contributed by atoms with Crippen LogP contribution in [0.5, 0.6) is 0 Å². The number of rotatable bonds is 9. The quantitative estimate of drug-likeness (QED) is 0.161. The first kappa shape index (κ1) is 46.3. The molecule has 4 amide bonds. The third-order valence-corrected chi connectivity index (χ3v) is 9.03. The summed E-state index contributed by atoms with van der Waals surface area (Å²) in [6, 6.07) is -3.95. The van der Waals surface area contributed by atoms with Crippen molar-refractivity contribution in [1.82, 2.24) is 20.9 Å². The highest BCUT2D eigenvalue weighted by Crippen LogP contribution is 2.34. The van der Waals surface area contributed by atoms with Gasteiger partial charge in [0.05, 0.1) is 30.8 Å². The van der Waals surface area contributed by atoms with Crippen LogP contribution in [0.1, 0.15) is 95.4 Å².